The number of nitrogens with one attached hydrogen (secondary N) is 1. The van der Waals surface area contributed by atoms with Gasteiger partial charge in [0.15, 0.2) is 0 Å². The average molecular weight is 362 g/mol. The number of urea groups is 1. The molecule has 2 aromatic rings. The Morgan fingerprint density at radius 3 is 3.00 bits per heavy atom. The number of carbonyl (C=O) groups excluding carboxylic acids is 1. The minimum Gasteiger partial charge on any atom is -0.338 e. The van der Waals surface area contributed by atoms with Crippen LogP contribution in [0.1, 0.15) is 32.3 Å². The highest BCUT2D eigenvalue weighted by molar-refractivity contribution is 7.00. The zero-order valence-electron chi connectivity index (χ0n) is 15.2. The number of benzene rings is 1. The molecule has 136 valence electrons. The molecule has 2 heterocycles. The molecule has 0 spiro atoms. The Hall–Kier alpha value is -1.73. The predicted molar refractivity (Wildman–Crippen MR) is 102 cm³/mol. The summed E-state index contributed by atoms with van der Waals surface area (Å²) in [6, 6.07) is 6.54. The van der Waals surface area contributed by atoms with E-state index in [2.05, 4.69) is 32.8 Å². The SMILES string of the molecule is CC(C)N1CCC[C@H](CNC(=O)N(C)Cc2ccc3nsnc3c2)C1. The van der Waals surface area contributed by atoms with Gasteiger partial charge >= 0.3 is 6.03 Å². The maximum absolute atomic E-state index is 12.4. The highest BCUT2D eigenvalue weighted by Gasteiger charge is 2.22. The molecule has 0 unspecified atom stereocenters. The van der Waals surface area contributed by atoms with Crippen molar-refractivity contribution in [3.8, 4) is 0 Å². The first-order valence-electron chi connectivity index (χ1n) is 8.97. The lowest BCUT2D eigenvalue weighted by Gasteiger charge is -2.35. The summed E-state index contributed by atoms with van der Waals surface area (Å²) in [5, 5.41) is 3.10. The Morgan fingerprint density at radius 1 is 1.40 bits per heavy atom. The molecule has 0 bridgehead atoms. The summed E-state index contributed by atoms with van der Waals surface area (Å²) in [5.74, 6) is 0.547. The van der Waals surface area contributed by atoms with Gasteiger partial charge in [-0.05, 0) is 56.8 Å². The van der Waals surface area contributed by atoms with Gasteiger partial charge < -0.3 is 15.1 Å². The maximum Gasteiger partial charge on any atom is 0.317 e. The molecule has 1 fully saturated rings. The van der Waals surface area contributed by atoms with Crippen LogP contribution in [-0.4, -0.2) is 57.3 Å². The maximum atomic E-state index is 12.4. The smallest absolute Gasteiger partial charge is 0.317 e. The zero-order chi connectivity index (χ0) is 17.8. The number of amides is 2. The molecule has 1 atom stereocenters. The first-order valence-corrected chi connectivity index (χ1v) is 9.70. The van der Waals surface area contributed by atoms with Crippen LogP contribution < -0.4 is 5.32 Å². The molecule has 1 aromatic heterocycles. The van der Waals surface area contributed by atoms with Crippen LogP contribution in [0.5, 0.6) is 0 Å². The number of carbonyl (C=O) groups is 1. The van der Waals surface area contributed by atoms with E-state index in [1.54, 1.807) is 4.90 Å². The fourth-order valence-corrected chi connectivity index (χ4v) is 3.89. The molecule has 1 N–H and O–H groups in total. The molecule has 0 saturated carbocycles. The van der Waals surface area contributed by atoms with Gasteiger partial charge in [0.1, 0.15) is 11.0 Å². The van der Waals surface area contributed by atoms with Crippen molar-refractivity contribution in [3.63, 3.8) is 0 Å². The Kier molecular flexibility index (Phi) is 5.86. The average Bonchev–Trinajstić information content (AvgIpc) is 3.07. The number of nitrogens with zero attached hydrogens (tertiary/aromatic N) is 4. The van der Waals surface area contributed by atoms with Crippen LogP contribution in [0.2, 0.25) is 0 Å². The number of hydrogen-bond donors (Lipinski definition) is 1. The molecule has 0 radical (unpaired) electrons. The number of likely N-dealkylation sites (tertiary alicyclic amines) is 1. The van der Waals surface area contributed by atoms with E-state index in [0.29, 0.717) is 18.5 Å². The van der Waals surface area contributed by atoms with E-state index in [-0.39, 0.29) is 6.03 Å². The first-order chi connectivity index (χ1) is 12.0. The quantitative estimate of drug-likeness (QED) is 0.889. The highest BCUT2D eigenvalue weighted by Crippen LogP contribution is 2.18. The van der Waals surface area contributed by atoms with Crippen LogP contribution in [-0.2, 0) is 6.54 Å². The number of rotatable bonds is 5. The van der Waals surface area contributed by atoms with E-state index in [9.17, 15) is 4.79 Å². The lowest BCUT2D eigenvalue weighted by atomic mass is 9.97. The molecule has 1 aromatic carbocycles. The topological polar surface area (TPSA) is 61.4 Å². The van der Waals surface area contributed by atoms with E-state index in [4.69, 9.17) is 0 Å². The molecule has 6 nitrogen and oxygen atoms in total. The van der Waals surface area contributed by atoms with Crippen molar-refractivity contribution in [2.24, 2.45) is 5.92 Å². The fourth-order valence-electron chi connectivity index (χ4n) is 3.37. The van der Waals surface area contributed by atoms with Crippen LogP contribution in [0.3, 0.4) is 0 Å². The first kappa shape index (κ1) is 18.1. The number of hydrogen-bond acceptors (Lipinski definition) is 5. The predicted octanol–water partition coefficient (Wildman–Crippen LogP) is 2.95. The summed E-state index contributed by atoms with van der Waals surface area (Å²) < 4.78 is 8.46. The van der Waals surface area contributed by atoms with E-state index >= 15 is 0 Å². The van der Waals surface area contributed by atoms with Crippen molar-refractivity contribution < 1.29 is 4.79 Å². The van der Waals surface area contributed by atoms with E-state index in [1.165, 1.54) is 31.1 Å². The summed E-state index contributed by atoms with van der Waals surface area (Å²) in [6.07, 6.45) is 2.41. The molecule has 0 aliphatic carbocycles. The summed E-state index contributed by atoms with van der Waals surface area (Å²) in [7, 11) is 1.83. The number of fused-ring (bicyclic) bond motifs is 1. The third-order valence-corrected chi connectivity index (χ3v) is 5.46. The van der Waals surface area contributed by atoms with Gasteiger partial charge in [0.05, 0.1) is 11.7 Å². The van der Waals surface area contributed by atoms with Gasteiger partial charge in [-0.1, -0.05) is 6.07 Å². The Labute approximate surface area is 153 Å². The number of aromatic nitrogens is 2. The molecular formula is C18H27N5OS. The summed E-state index contributed by atoms with van der Waals surface area (Å²) in [6.45, 7) is 8.06. The lowest BCUT2D eigenvalue weighted by Crippen LogP contribution is -2.45. The van der Waals surface area contributed by atoms with Gasteiger partial charge in [-0.15, -0.1) is 0 Å². The third kappa shape index (κ3) is 4.67. The summed E-state index contributed by atoms with van der Waals surface area (Å²) in [4.78, 5) is 16.6. The fraction of sp³-hybridized carbons (Fsp3) is 0.611. The molecule has 2 amide bonds. The van der Waals surface area contributed by atoms with Crippen molar-refractivity contribution in [3.05, 3.63) is 23.8 Å². The molecule has 1 aliphatic rings. The highest BCUT2D eigenvalue weighted by atomic mass is 32.1. The van der Waals surface area contributed by atoms with Crippen molar-refractivity contribution in [1.29, 1.82) is 0 Å². The molecule has 25 heavy (non-hydrogen) atoms. The second kappa shape index (κ2) is 8.10. The van der Waals surface area contributed by atoms with Gasteiger partial charge in [-0.25, -0.2) is 4.79 Å². The molecule has 1 saturated heterocycles. The van der Waals surface area contributed by atoms with Crippen LogP contribution in [0, 0.1) is 5.92 Å². The standard InChI is InChI=1S/C18H27N5OS/c1-13(2)23-8-4-5-15(12-23)10-19-18(24)22(3)11-14-6-7-16-17(9-14)21-25-20-16/h6-7,9,13,15H,4-5,8,10-12H2,1-3H3,(H,19,24)/t15-/m1/s1. The minimum absolute atomic E-state index is 0.0156. The van der Waals surface area contributed by atoms with Gasteiger partial charge in [-0.2, -0.15) is 8.75 Å². The second-order valence-corrected chi connectivity index (χ2v) is 7.75. The van der Waals surface area contributed by atoms with Crippen molar-refractivity contribution >= 4 is 28.8 Å². The van der Waals surface area contributed by atoms with Crippen molar-refractivity contribution in [2.75, 3.05) is 26.7 Å². The zero-order valence-corrected chi connectivity index (χ0v) is 16.1. The van der Waals surface area contributed by atoms with E-state index < -0.39 is 0 Å². The van der Waals surface area contributed by atoms with Gasteiger partial charge in [0.25, 0.3) is 0 Å². The summed E-state index contributed by atoms with van der Waals surface area (Å²) >= 11 is 1.22. The number of piperidine rings is 1. The van der Waals surface area contributed by atoms with Gasteiger partial charge in [-0.3, -0.25) is 0 Å². The summed E-state index contributed by atoms with van der Waals surface area (Å²) in [5.41, 5.74) is 2.88. The van der Waals surface area contributed by atoms with E-state index in [0.717, 1.165) is 29.7 Å². The largest absolute Gasteiger partial charge is 0.338 e. The Bertz CT molecular complexity index is 716. The lowest BCUT2D eigenvalue weighted by molar-refractivity contribution is 0.137. The van der Waals surface area contributed by atoms with Gasteiger partial charge in [0.2, 0.25) is 0 Å². The normalized spacial score (nSPS) is 18.6. The van der Waals surface area contributed by atoms with Gasteiger partial charge in [0, 0.05) is 32.7 Å². The minimum atomic E-state index is -0.0156. The van der Waals surface area contributed by atoms with Crippen LogP contribution in [0.4, 0.5) is 4.79 Å². The Balaban J connectivity index is 1.48. The van der Waals surface area contributed by atoms with Crippen molar-refractivity contribution in [2.45, 2.75) is 39.3 Å². The third-order valence-electron chi connectivity index (χ3n) is 4.91. The van der Waals surface area contributed by atoms with Crippen LogP contribution in [0.15, 0.2) is 18.2 Å². The molecular weight excluding hydrogens is 334 g/mol. The molecule has 3 rings (SSSR count). The Morgan fingerprint density at radius 2 is 2.20 bits per heavy atom. The van der Waals surface area contributed by atoms with Crippen LogP contribution >= 0.6 is 11.7 Å². The van der Waals surface area contributed by atoms with E-state index in [1.807, 2.05) is 25.2 Å². The molecule has 1 aliphatic heterocycles. The monoisotopic (exact) mass is 361 g/mol. The van der Waals surface area contributed by atoms with Crippen LogP contribution in [0.25, 0.3) is 11.0 Å². The van der Waals surface area contributed by atoms with Crippen molar-refractivity contribution in [1.82, 2.24) is 23.9 Å². The second-order valence-electron chi connectivity index (χ2n) is 7.23. The molecule has 7 heteroatoms.